The summed E-state index contributed by atoms with van der Waals surface area (Å²) in [5.74, 6) is 0.716. The van der Waals surface area contributed by atoms with Crippen LogP contribution in [0.4, 0.5) is 10.1 Å². The lowest BCUT2D eigenvalue weighted by molar-refractivity contribution is -0.144. The number of piperidine rings is 1. The summed E-state index contributed by atoms with van der Waals surface area (Å²) >= 11 is 0. The van der Waals surface area contributed by atoms with Crippen LogP contribution in [0.25, 0.3) is 0 Å². The van der Waals surface area contributed by atoms with E-state index < -0.39 is 5.60 Å². The zero-order chi connectivity index (χ0) is 19.9. The number of amides is 2. The van der Waals surface area contributed by atoms with Gasteiger partial charge in [-0.1, -0.05) is 0 Å². The molecule has 0 bridgehead atoms. The first kappa shape index (κ1) is 18.7. The maximum Gasteiger partial charge on any atom is 0.257 e. The van der Waals surface area contributed by atoms with Crippen LogP contribution in [0.3, 0.4) is 0 Å². The summed E-state index contributed by atoms with van der Waals surface area (Å²) in [7, 11) is 0. The molecule has 4 rings (SSSR count). The normalized spacial score (nSPS) is 22.8. The Bertz CT molecular complexity index is 908. The largest absolute Gasteiger partial charge is 0.466 e. The molecule has 1 atom stereocenters. The fraction of sp³-hybridized carbons (Fsp3) is 0.429. The first-order valence-corrected chi connectivity index (χ1v) is 9.43. The van der Waals surface area contributed by atoms with E-state index >= 15 is 0 Å². The van der Waals surface area contributed by atoms with Gasteiger partial charge in [-0.2, -0.15) is 0 Å². The molecule has 1 spiro atoms. The lowest BCUT2D eigenvalue weighted by atomic mass is 9.90. The molecule has 1 aromatic carbocycles. The summed E-state index contributed by atoms with van der Waals surface area (Å²) in [6, 6.07) is 7.62. The Balaban J connectivity index is 1.55. The second-order valence-electron chi connectivity index (χ2n) is 7.59. The number of benzene rings is 1. The molecule has 2 fully saturated rings. The molecule has 7 heteroatoms. The number of anilines is 1. The van der Waals surface area contributed by atoms with Crippen molar-refractivity contribution in [3.63, 3.8) is 0 Å². The van der Waals surface area contributed by atoms with Crippen LogP contribution in [0.1, 0.15) is 34.7 Å². The molecule has 0 N–H and O–H groups in total. The molecule has 6 nitrogen and oxygen atoms in total. The van der Waals surface area contributed by atoms with Gasteiger partial charge in [0.2, 0.25) is 0 Å². The van der Waals surface area contributed by atoms with Gasteiger partial charge < -0.3 is 19.0 Å². The van der Waals surface area contributed by atoms with E-state index in [1.54, 1.807) is 34.9 Å². The SMILES string of the molecule is Cc1cc(C(=O)N2CCCC3(C2)CN(c2ccc(F)cc2)C(=O)CO3)c(C)o1. The van der Waals surface area contributed by atoms with Gasteiger partial charge in [0.05, 0.1) is 18.7 Å². The molecule has 0 aliphatic carbocycles. The number of halogens is 1. The van der Waals surface area contributed by atoms with E-state index in [0.717, 1.165) is 12.8 Å². The van der Waals surface area contributed by atoms with Gasteiger partial charge in [0.25, 0.3) is 11.8 Å². The third-order valence-electron chi connectivity index (χ3n) is 5.49. The number of hydrogen-bond donors (Lipinski definition) is 0. The van der Waals surface area contributed by atoms with Gasteiger partial charge in [-0.15, -0.1) is 0 Å². The number of likely N-dealkylation sites (tertiary alicyclic amines) is 1. The van der Waals surface area contributed by atoms with Gasteiger partial charge in [0.15, 0.2) is 0 Å². The van der Waals surface area contributed by atoms with Crippen molar-refractivity contribution in [2.45, 2.75) is 32.3 Å². The lowest BCUT2D eigenvalue weighted by Crippen LogP contribution is -2.62. The summed E-state index contributed by atoms with van der Waals surface area (Å²) in [4.78, 5) is 28.8. The number of hydrogen-bond acceptors (Lipinski definition) is 4. The number of rotatable bonds is 2. The summed E-state index contributed by atoms with van der Waals surface area (Å²) in [6.45, 7) is 4.93. The van der Waals surface area contributed by atoms with Crippen LogP contribution in [-0.4, -0.2) is 48.6 Å². The molecular formula is C21H23FN2O4. The fourth-order valence-electron chi connectivity index (χ4n) is 4.10. The van der Waals surface area contributed by atoms with Crippen LogP contribution in [0.5, 0.6) is 0 Å². The van der Waals surface area contributed by atoms with Crippen molar-refractivity contribution in [2.24, 2.45) is 0 Å². The van der Waals surface area contributed by atoms with Crippen molar-refractivity contribution >= 4 is 17.5 Å². The predicted molar refractivity (Wildman–Crippen MR) is 101 cm³/mol. The molecule has 148 valence electrons. The van der Waals surface area contributed by atoms with Gasteiger partial charge in [-0.05, 0) is 57.0 Å². The molecule has 2 aliphatic rings. The Morgan fingerprint density at radius 1 is 1.18 bits per heavy atom. The Hall–Kier alpha value is -2.67. The summed E-state index contributed by atoms with van der Waals surface area (Å²) < 4.78 is 24.7. The minimum atomic E-state index is -0.622. The van der Waals surface area contributed by atoms with E-state index in [9.17, 15) is 14.0 Å². The molecule has 2 saturated heterocycles. The zero-order valence-electron chi connectivity index (χ0n) is 16.0. The van der Waals surface area contributed by atoms with Gasteiger partial charge in [0.1, 0.15) is 29.5 Å². The van der Waals surface area contributed by atoms with Crippen LogP contribution < -0.4 is 4.90 Å². The van der Waals surface area contributed by atoms with Gasteiger partial charge in [-0.25, -0.2) is 4.39 Å². The zero-order valence-corrected chi connectivity index (χ0v) is 16.0. The third kappa shape index (κ3) is 3.42. The van der Waals surface area contributed by atoms with Crippen LogP contribution in [-0.2, 0) is 9.53 Å². The minimum Gasteiger partial charge on any atom is -0.466 e. The van der Waals surface area contributed by atoms with E-state index in [1.165, 1.54) is 12.1 Å². The Kier molecular flexibility index (Phi) is 4.71. The highest BCUT2D eigenvalue weighted by Crippen LogP contribution is 2.33. The van der Waals surface area contributed by atoms with E-state index in [-0.39, 0.29) is 24.2 Å². The maximum absolute atomic E-state index is 13.3. The van der Waals surface area contributed by atoms with Crippen LogP contribution in [0.15, 0.2) is 34.7 Å². The second kappa shape index (κ2) is 7.05. The number of carbonyl (C=O) groups is 2. The number of ether oxygens (including phenoxy) is 1. The Labute approximate surface area is 162 Å². The van der Waals surface area contributed by atoms with Gasteiger partial charge in [-0.3, -0.25) is 9.59 Å². The number of furan rings is 1. The first-order chi connectivity index (χ1) is 13.4. The quantitative estimate of drug-likeness (QED) is 0.796. The lowest BCUT2D eigenvalue weighted by Gasteiger charge is -2.47. The van der Waals surface area contributed by atoms with E-state index in [0.29, 0.717) is 42.4 Å². The molecule has 28 heavy (non-hydrogen) atoms. The third-order valence-corrected chi connectivity index (χ3v) is 5.49. The molecule has 1 aromatic heterocycles. The van der Waals surface area contributed by atoms with Crippen molar-refractivity contribution in [3.8, 4) is 0 Å². The smallest absolute Gasteiger partial charge is 0.257 e. The fourth-order valence-corrected chi connectivity index (χ4v) is 4.10. The summed E-state index contributed by atoms with van der Waals surface area (Å²) in [6.07, 6.45) is 1.54. The van der Waals surface area contributed by atoms with Crippen LogP contribution >= 0.6 is 0 Å². The number of morpholine rings is 1. The highest BCUT2D eigenvalue weighted by molar-refractivity contribution is 5.96. The summed E-state index contributed by atoms with van der Waals surface area (Å²) in [5, 5.41) is 0. The molecule has 2 amide bonds. The van der Waals surface area contributed by atoms with Crippen molar-refractivity contribution in [1.82, 2.24) is 4.90 Å². The monoisotopic (exact) mass is 386 g/mol. The number of carbonyl (C=O) groups excluding carboxylic acids is 2. The second-order valence-corrected chi connectivity index (χ2v) is 7.59. The van der Waals surface area contributed by atoms with Crippen LogP contribution in [0, 0.1) is 19.7 Å². The number of nitrogens with zero attached hydrogens (tertiary/aromatic N) is 2. The molecule has 3 heterocycles. The van der Waals surface area contributed by atoms with Crippen molar-refractivity contribution < 1.29 is 23.1 Å². The number of aryl methyl sites for hydroxylation is 2. The van der Waals surface area contributed by atoms with E-state index in [2.05, 4.69) is 0 Å². The summed E-state index contributed by atoms with van der Waals surface area (Å²) in [5.41, 5.74) is 0.582. The van der Waals surface area contributed by atoms with Crippen molar-refractivity contribution in [1.29, 1.82) is 0 Å². The first-order valence-electron chi connectivity index (χ1n) is 9.43. The Morgan fingerprint density at radius 3 is 2.61 bits per heavy atom. The molecule has 0 radical (unpaired) electrons. The van der Waals surface area contributed by atoms with Gasteiger partial charge in [0, 0.05) is 12.2 Å². The molecular weight excluding hydrogens is 363 g/mol. The average molecular weight is 386 g/mol. The highest BCUT2D eigenvalue weighted by Gasteiger charge is 2.44. The van der Waals surface area contributed by atoms with E-state index in [1.807, 2.05) is 6.92 Å². The molecule has 2 aromatic rings. The van der Waals surface area contributed by atoms with Crippen molar-refractivity contribution in [2.75, 3.05) is 31.1 Å². The highest BCUT2D eigenvalue weighted by atomic mass is 19.1. The molecule has 0 saturated carbocycles. The topological polar surface area (TPSA) is 63.0 Å². The van der Waals surface area contributed by atoms with E-state index in [4.69, 9.17) is 9.15 Å². The molecule has 1 unspecified atom stereocenters. The van der Waals surface area contributed by atoms with Crippen LogP contribution in [0.2, 0.25) is 0 Å². The minimum absolute atomic E-state index is 0.0523. The standard InChI is InChI=1S/C21H23FN2O4/c1-14-10-18(15(2)28-14)20(26)23-9-3-8-21(12-23)13-24(19(25)11-27-21)17-6-4-16(22)5-7-17/h4-7,10H,3,8-9,11-13H2,1-2H3. The maximum atomic E-state index is 13.3. The average Bonchev–Trinajstić information content (AvgIpc) is 3.02. The predicted octanol–water partition coefficient (Wildman–Crippen LogP) is 3.07. The van der Waals surface area contributed by atoms with Gasteiger partial charge >= 0.3 is 0 Å². The molecule has 2 aliphatic heterocycles. The van der Waals surface area contributed by atoms with Crippen molar-refractivity contribution in [3.05, 3.63) is 53.2 Å². The Morgan fingerprint density at radius 2 is 1.93 bits per heavy atom.